The lowest BCUT2D eigenvalue weighted by molar-refractivity contribution is 0.0735. The Morgan fingerprint density at radius 1 is 1.03 bits per heavy atom. The third kappa shape index (κ3) is 5.05. The third-order valence-electron chi connectivity index (χ3n) is 5.20. The Kier molecular flexibility index (Phi) is 6.90. The van der Waals surface area contributed by atoms with Crippen LogP contribution in [0.3, 0.4) is 0 Å². The quantitative estimate of drug-likeness (QED) is 0.285. The van der Waals surface area contributed by atoms with E-state index in [1.807, 2.05) is 18.2 Å². The Balaban J connectivity index is 1.79. The molecular weight excluding hydrogens is 535 g/mol. The summed E-state index contributed by atoms with van der Waals surface area (Å²) in [5.41, 5.74) is 0.961. The Bertz CT molecular complexity index is 1470. The van der Waals surface area contributed by atoms with Gasteiger partial charge in [0.15, 0.2) is 9.84 Å². The van der Waals surface area contributed by atoms with Gasteiger partial charge >= 0.3 is 0 Å². The molecule has 0 unspecified atom stereocenters. The van der Waals surface area contributed by atoms with Crippen LogP contribution < -0.4 is 0 Å². The maximum Gasteiger partial charge on any atom is 0.175 e. The number of benzene rings is 2. The Morgan fingerprint density at radius 2 is 1.68 bits per heavy atom. The third-order valence-corrected chi connectivity index (χ3v) is 8.45. The van der Waals surface area contributed by atoms with Crippen molar-refractivity contribution in [2.24, 2.45) is 0 Å². The molecule has 0 aliphatic carbocycles. The number of rotatable bonds is 6. The molecule has 1 N–H and O–H groups in total. The summed E-state index contributed by atoms with van der Waals surface area (Å²) in [5.74, 6) is 0. The SMILES string of the molecule is CC(C)(O)c1nn(-c2c(Cl)cccc2Cl)c(Cc2ccc(-c3cccc(S(C)(=O)=O)c3)s2)c1Cl. The minimum atomic E-state index is -3.31. The smallest absolute Gasteiger partial charge is 0.175 e. The molecule has 0 saturated heterocycles. The largest absolute Gasteiger partial charge is 0.384 e. The zero-order valence-corrected chi connectivity index (χ0v) is 22.4. The molecule has 0 aliphatic rings. The summed E-state index contributed by atoms with van der Waals surface area (Å²) >= 11 is 21.1. The Labute approximate surface area is 217 Å². The molecule has 2 aromatic heterocycles. The molecule has 0 spiro atoms. The van der Waals surface area contributed by atoms with Crippen LogP contribution in [-0.2, 0) is 21.9 Å². The first-order valence-electron chi connectivity index (χ1n) is 10.2. The number of nitrogens with zero attached hydrogens (tertiary/aromatic N) is 2. The summed E-state index contributed by atoms with van der Waals surface area (Å²) in [4.78, 5) is 2.15. The Morgan fingerprint density at radius 3 is 2.29 bits per heavy atom. The van der Waals surface area contributed by atoms with Gasteiger partial charge in [-0.25, -0.2) is 13.1 Å². The van der Waals surface area contributed by atoms with Crippen LogP contribution in [-0.4, -0.2) is 29.6 Å². The van der Waals surface area contributed by atoms with E-state index in [9.17, 15) is 13.5 Å². The van der Waals surface area contributed by atoms with Gasteiger partial charge < -0.3 is 5.11 Å². The molecule has 4 aromatic rings. The van der Waals surface area contributed by atoms with Crippen LogP contribution in [0.15, 0.2) is 59.5 Å². The van der Waals surface area contributed by atoms with Crippen LogP contribution in [0.1, 0.15) is 30.1 Å². The van der Waals surface area contributed by atoms with Gasteiger partial charge in [-0.1, -0.05) is 53.0 Å². The van der Waals surface area contributed by atoms with Crippen LogP contribution in [0.2, 0.25) is 15.1 Å². The lowest BCUT2D eigenvalue weighted by atomic mass is 10.0. The summed E-state index contributed by atoms with van der Waals surface area (Å²) in [6.07, 6.45) is 1.59. The van der Waals surface area contributed by atoms with Crippen molar-refractivity contribution >= 4 is 56.0 Å². The Hall–Kier alpha value is -1.87. The zero-order chi connectivity index (χ0) is 24.8. The number of thiophene rings is 1. The molecule has 10 heteroatoms. The van der Waals surface area contributed by atoms with Gasteiger partial charge in [0.25, 0.3) is 0 Å². The molecule has 0 atom stereocenters. The van der Waals surface area contributed by atoms with E-state index < -0.39 is 15.4 Å². The molecule has 0 fully saturated rings. The van der Waals surface area contributed by atoms with Crippen LogP contribution >= 0.6 is 46.1 Å². The summed E-state index contributed by atoms with van der Waals surface area (Å²) in [7, 11) is -3.31. The van der Waals surface area contributed by atoms with Crippen molar-refractivity contribution in [3.05, 3.63) is 85.9 Å². The van der Waals surface area contributed by atoms with Gasteiger partial charge in [-0.2, -0.15) is 5.10 Å². The van der Waals surface area contributed by atoms with E-state index in [-0.39, 0.29) is 4.90 Å². The van der Waals surface area contributed by atoms with Crippen LogP contribution in [0.5, 0.6) is 0 Å². The number of aliphatic hydroxyl groups is 1. The highest BCUT2D eigenvalue weighted by atomic mass is 35.5. The molecule has 0 amide bonds. The molecule has 0 saturated carbocycles. The van der Waals surface area contributed by atoms with Crippen LogP contribution in [0, 0.1) is 0 Å². The molecule has 0 aliphatic heterocycles. The monoisotopic (exact) mass is 554 g/mol. The predicted octanol–water partition coefficient (Wildman–Crippen LogP) is 6.78. The molecule has 2 heterocycles. The highest BCUT2D eigenvalue weighted by Gasteiger charge is 2.29. The van der Waals surface area contributed by atoms with Crippen LogP contribution in [0.4, 0.5) is 0 Å². The first-order chi connectivity index (χ1) is 15.9. The van der Waals surface area contributed by atoms with Crippen molar-refractivity contribution in [3.63, 3.8) is 0 Å². The number of halogens is 3. The first kappa shape index (κ1) is 25.2. The van der Waals surface area contributed by atoms with Gasteiger partial charge in [-0.3, -0.25) is 0 Å². The maximum atomic E-state index is 11.9. The fraction of sp³-hybridized carbons (Fsp3) is 0.208. The van der Waals surface area contributed by atoms with Crippen molar-refractivity contribution in [3.8, 4) is 16.1 Å². The summed E-state index contributed by atoms with van der Waals surface area (Å²) in [5, 5.41) is 16.3. The number of aromatic nitrogens is 2. The molecule has 34 heavy (non-hydrogen) atoms. The molecular formula is C24H21Cl3N2O3S2. The van der Waals surface area contributed by atoms with Crippen LogP contribution in [0.25, 0.3) is 16.1 Å². The minimum Gasteiger partial charge on any atom is -0.384 e. The van der Waals surface area contributed by atoms with E-state index in [1.165, 1.54) is 17.6 Å². The van der Waals surface area contributed by atoms with Crippen molar-refractivity contribution in [1.29, 1.82) is 0 Å². The van der Waals surface area contributed by atoms with Crippen molar-refractivity contribution in [1.82, 2.24) is 9.78 Å². The number of para-hydroxylation sites is 1. The average molecular weight is 556 g/mol. The fourth-order valence-corrected chi connectivity index (χ4v) is 6.18. The van der Waals surface area contributed by atoms with Crippen molar-refractivity contribution in [2.45, 2.75) is 30.8 Å². The van der Waals surface area contributed by atoms with E-state index >= 15 is 0 Å². The topological polar surface area (TPSA) is 72.2 Å². The standard InChI is InChI=1S/C24H21Cl3N2O3S2/c1-24(2,30)23-21(27)19(29(28-23)22-17(25)8-5-9-18(22)26)13-15-10-11-20(33-15)14-6-4-7-16(12-14)34(3,31)32/h4-12,30H,13H2,1-3H3. The molecule has 5 nitrogen and oxygen atoms in total. The van der Waals surface area contributed by atoms with E-state index in [4.69, 9.17) is 34.8 Å². The molecule has 0 bridgehead atoms. The summed E-state index contributed by atoms with van der Waals surface area (Å²) in [6.45, 7) is 3.23. The second-order valence-electron chi connectivity index (χ2n) is 8.39. The average Bonchev–Trinajstić information content (AvgIpc) is 3.33. The maximum absolute atomic E-state index is 11.9. The number of sulfone groups is 1. The second kappa shape index (κ2) is 9.30. The molecule has 4 rings (SSSR count). The highest BCUT2D eigenvalue weighted by Crippen LogP contribution is 2.38. The van der Waals surface area contributed by atoms with Gasteiger partial charge in [0.05, 0.1) is 25.7 Å². The van der Waals surface area contributed by atoms with E-state index in [0.29, 0.717) is 38.6 Å². The van der Waals surface area contributed by atoms with Gasteiger partial charge in [0.1, 0.15) is 17.0 Å². The lowest BCUT2D eigenvalue weighted by Gasteiger charge is -2.14. The van der Waals surface area contributed by atoms with E-state index in [2.05, 4.69) is 5.10 Å². The van der Waals surface area contributed by atoms with Crippen molar-refractivity contribution in [2.75, 3.05) is 6.26 Å². The summed E-state index contributed by atoms with van der Waals surface area (Å²) in [6, 6.07) is 15.9. The normalized spacial score (nSPS) is 12.3. The highest BCUT2D eigenvalue weighted by molar-refractivity contribution is 7.90. The predicted molar refractivity (Wildman–Crippen MR) is 140 cm³/mol. The first-order valence-corrected chi connectivity index (χ1v) is 14.0. The minimum absolute atomic E-state index is 0.268. The molecule has 0 radical (unpaired) electrons. The van der Waals surface area contributed by atoms with Gasteiger partial charge in [0, 0.05) is 22.4 Å². The number of hydrogen-bond acceptors (Lipinski definition) is 5. The van der Waals surface area contributed by atoms with Gasteiger partial charge in [-0.15, -0.1) is 11.3 Å². The van der Waals surface area contributed by atoms with E-state index in [1.54, 1.807) is 54.9 Å². The van der Waals surface area contributed by atoms with Gasteiger partial charge in [-0.05, 0) is 55.8 Å². The molecule has 178 valence electrons. The summed E-state index contributed by atoms with van der Waals surface area (Å²) < 4.78 is 25.5. The van der Waals surface area contributed by atoms with E-state index in [0.717, 1.165) is 15.3 Å². The number of hydrogen-bond donors (Lipinski definition) is 1. The second-order valence-corrected chi connectivity index (χ2v) is 12.8. The van der Waals surface area contributed by atoms with Crippen molar-refractivity contribution < 1.29 is 13.5 Å². The lowest BCUT2D eigenvalue weighted by Crippen LogP contribution is -2.17. The molecule has 2 aromatic carbocycles. The fourth-order valence-electron chi connectivity index (χ4n) is 3.53. The zero-order valence-electron chi connectivity index (χ0n) is 18.5. The van der Waals surface area contributed by atoms with Gasteiger partial charge in [0.2, 0.25) is 0 Å².